The van der Waals surface area contributed by atoms with Crippen LogP contribution in [0, 0.1) is 12.8 Å². The van der Waals surface area contributed by atoms with Gasteiger partial charge in [-0.3, -0.25) is 23.7 Å². The minimum Gasteiger partial charge on any atom is -0.325 e. The fourth-order valence-corrected chi connectivity index (χ4v) is 8.68. The number of carbonyl (C=O) groups is 3. The molecule has 0 radical (unpaired) electrons. The van der Waals surface area contributed by atoms with Gasteiger partial charge in [0.2, 0.25) is 17.7 Å². The molecule has 2 aliphatic heterocycles. The second-order valence-electron chi connectivity index (χ2n) is 10.3. The van der Waals surface area contributed by atoms with E-state index in [4.69, 9.17) is 23.2 Å². The minimum atomic E-state index is -4.70. The van der Waals surface area contributed by atoms with Gasteiger partial charge in [-0.1, -0.05) is 76.6 Å². The molecule has 0 spiro atoms. The lowest BCUT2D eigenvalue weighted by Crippen LogP contribution is -2.33. The van der Waals surface area contributed by atoms with E-state index in [2.05, 4.69) is 5.32 Å². The van der Waals surface area contributed by atoms with Gasteiger partial charge in [0, 0.05) is 16.5 Å². The molecule has 2 aliphatic rings. The Kier molecular flexibility index (Phi) is 7.89. The molecule has 6 rings (SSSR count). The molecule has 0 bridgehead atoms. The van der Waals surface area contributed by atoms with Crippen LogP contribution in [0.2, 0.25) is 10.0 Å². The lowest BCUT2D eigenvalue weighted by atomic mass is 9.83. The molecule has 1 N–H and O–H groups in total. The van der Waals surface area contributed by atoms with Crippen LogP contribution < -0.4 is 15.1 Å². The number of nitrogens with zero attached hydrogens (tertiary/aromatic N) is 2. The van der Waals surface area contributed by atoms with Crippen molar-refractivity contribution in [2.24, 2.45) is 5.92 Å². The van der Waals surface area contributed by atoms with Crippen LogP contribution in [0.25, 0.3) is 0 Å². The highest BCUT2D eigenvalue weighted by Crippen LogP contribution is 2.55. The molecular formula is C30H20Cl2F3N3O4S2. The first-order valence-corrected chi connectivity index (χ1v) is 15.6. The average Bonchev–Trinajstić information content (AvgIpc) is 3.40. The molecule has 3 atom stereocenters. The fraction of sp³-hybridized carbons (Fsp3) is 0.200. The number of thiazole rings is 1. The van der Waals surface area contributed by atoms with Crippen LogP contribution in [-0.4, -0.2) is 27.5 Å². The van der Waals surface area contributed by atoms with E-state index in [9.17, 15) is 32.3 Å². The van der Waals surface area contributed by atoms with E-state index >= 15 is 0 Å². The highest BCUT2D eigenvalue weighted by molar-refractivity contribution is 8.00. The molecule has 3 aromatic carbocycles. The summed E-state index contributed by atoms with van der Waals surface area (Å²) < 4.78 is 41.8. The molecule has 0 saturated carbocycles. The van der Waals surface area contributed by atoms with E-state index in [1.54, 1.807) is 36.4 Å². The Morgan fingerprint density at radius 1 is 0.977 bits per heavy atom. The van der Waals surface area contributed by atoms with Gasteiger partial charge in [0.05, 0.1) is 32.2 Å². The van der Waals surface area contributed by atoms with E-state index in [0.29, 0.717) is 21.2 Å². The molecule has 226 valence electrons. The van der Waals surface area contributed by atoms with Gasteiger partial charge in [-0.25, -0.2) is 4.90 Å². The van der Waals surface area contributed by atoms with Gasteiger partial charge < -0.3 is 5.32 Å². The Bertz CT molecular complexity index is 1910. The summed E-state index contributed by atoms with van der Waals surface area (Å²) in [5, 5.41) is 2.23. The number of hydrogen-bond acceptors (Lipinski definition) is 6. The second-order valence-corrected chi connectivity index (χ2v) is 13.2. The number of alkyl halides is 3. The summed E-state index contributed by atoms with van der Waals surface area (Å²) in [6, 6.07) is 15.9. The standard InChI is InChI=1S/C30H20Cl2F3N3O4S2/c1-14-5-2-7-16(11-14)36-20(39)13-37-28-25(44-29(37)42)21(18-9-4-10-19(31)23(18)32)22-24(43-28)27(41)38(26(22)40)17-8-3-6-15(12-17)30(33,34)35/h2-12,21-22,24H,13H2,1H3,(H,36,39)/t21-,22-,24+/m0/s1. The van der Waals surface area contributed by atoms with Crippen molar-refractivity contribution in [2.45, 2.75) is 35.8 Å². The van der Waals surface area contributed by atoms with Crippen molar-refractivity contribution < 1.29 is 27.6 Å². The Morgan fingerprint density at radius 3 is 2.43 bits per heavy atom. The Labute approximate surface area is 266 Å². The number of amides is 3. The highest BCUT2D eigenvalue weighted by atomic mass is 35.5. The smallest absolute Gasteiger partial charge is 0.325 e. The van der Waals surface area contributed by atoms with Crippen molar-refractivity contribution in [1.82, 2.24) is 4.57 Å². The van der Waals surface area contributed by atoms with Gasteiger partial charge in [0.15, 0.2) is 0 Å². The summed E-state index contributed by atoms with van der Waals surface area (Å²) >= 11 is 14.7. The third-order valence-corrected chi connectivity index (χ3v) is 10.8. The van der Waals surface area contributed by atoms with Crippen LogP contribution in [-0.2, 0) is 27.1 Å². The molecule has 3 heterocycles. The minimum absolute atomic E-state index is 0.109. The predicted octanol–water partition coefficient (Wildman–Crippen LogP) is 6.98. The fourth-order valence-electron chi connectivity index (χ4n) is 5.49. The third-order valence-electron chi connectivity index (χ3n) is 7.40. The number of thioether (sulfide) groups is 1. The van der Waals surface area contributed by atoms with Crippen LogP contribution in [0.1, 0.15) is 27.5 Å². The molecule has 1 aromatic heterocycles. The monoisotopic (exact) mass is 677 g/mol. The average molecular weight is 679 g/mol. The molecule has 1 fully saturated rings. The number of carbonyl (C=O) groups excluding carboxylic acids is 3. The van der Waals surface area contributed by atoms with Crippen LogP contribution in [0.3, 0.4) is 0 Å². The molecule has 0 unspecified atom stereocenters. The van der Waals surface area contributed by atoms with Crippen LogP contribution >= 0.6 is 46.3 Å². The molecule has 1 saturated heterocycles. The molecule has 3 amide bonds. The first kappa shape index (κ1) is 30.4. The lowest BCUT2D eigenvalue weighted by Gasteiger charge is -2.31. The van der Waals surface area contributed by atoms with Gasteiger partial charge >= 0.3 is 11.0 Å². The maximum Gasteiger partial charge on any atom is 0.416 e. The van der Waals surface area contributed by atoms with Crippen LogP contribution in [0.5, 0.6) is 0 Å². The van der Waals surface area contributed by atoms with Gasteiger partial charge in [-0.05, 0) is 54.4 Å². The van der Waals surface area contributed by atoms with Crippen molar-refractivity contribution in [3.63, 3.8) is 0 Å². The number of nitrogens with one attached hydrogen (secondary N) is 1. The summed E-state index contributed by atoms with van der Waals surface area (Å²) in [5.74, 6) is -4.01. The summed E-state index contributed by atoms with van der Waals surface area (Å²) in [7, 11) is 0. The predicted molar refractivity (Wildman–Crippen MR) is 164 cm³/mol. The Morgan fingerprint density at radius 2 is 1.70 bits per heavy atom. The number of benzene rings is 3. The molecule has 44 heavy (non-hydrogen) atoms. The zero-order valence-electron chi connectivity index (χ0n) is 22.5. The number of halogens is 5. The van der Waals surface area contributed by atoms with E-state index in [1.807, 2.05) is 13.0 Å². The van der Waals surface area contributed by atoms with Crippen molar-refractivity contribution in [2.75, 3.05) is 10.2 Å². The maximum atomic E-state index is 14.0. The number of hydrogen-bond donors (Lipinski definition) is 1. The summed E-state index contributed by atoms with van der Waals surface area (Å²) in [6.07, 6.45) is -4.70. The largest absolute Gasteiger partial charge is 0.416 e. The number of rotatable bonds is 5. The van der Waals surface area contributed by atoms with Crippen molar-refractivity contribution in [3.05, 3.63) is 108 Å². The maximum absolute atomic E-state index is 14.0. The van der Waals surface area contributed by atoms with Crippen molar-refractivity contribution in [3.8, 4) is 0 Å². The molecule has 0 aliphatic carbocycles. The van der Waals surface area contributed by atoms with Gasteiger partial charge in [0.1, 0.15) is 11.8 Å². The quantitative estimate of drug-likeness (QED) is 0.230. The first-order valence-electron chi connectivity index (χ1n) is 13.1. The molecule has 4 aromatic rings. The van der Waals surface area contributed by atoms with E-state index in [0.717, 1.165) is 51.8 Å². The molecule has 14 heteroatoms. The first-order chi connectivity index (χ1) is 20.8. The van der Waals surface area contributed by atoms with E-state index in [-0.39, 0.29) is 22.3 Å². The number of aromatic nitrogens is 1. The number of aryl methyl sites for hydroxylation is 1. The van der Waals surface area contributed by atoms with E-state index in [1.165, 1.54) is 10.6 Å². The lowest BCUT2D eigenvalue weighted by molar-refractivity contribution is -0.137. The zero-order valence-corrected chi connectivity index (χ0v) is 25.7. The van der Waals surface area contributed by atoms with Crippen LogP contribution in [0.4, 0.5) is 24.5 Å². The topological polar surface area (TPSA) is 88.5 Å². The Hall–Kier alpha value is -3.58. The normalized spacial score (nSPS) is 19.6. The molecular weight excluding hydrogens is 658 g/mol. The zero-order chi connectivity index (χ0) is 31.5. The van der Waals surface area contributed by atoms with Gasteiger partial charge in [-0.2, -0.15) is 13.2 Å². The summed E-state index contributed by atoms with van der Waals surface area (Å²) in [5.41, 5.74) is 0.599. The summed E-state index contributed by atoms with van der Waals surface area (Å²) in [6.45, 7) is 1.49. The van der Waals surface area contributed by atoms with Gasteiger partial charge in [-0.15, -0.1) is 0 Å². The summed E-state index contributed by atoms with van der Waals surface area (Å²) in [4.78, 5) is 54.9. The van der Waals surface area contributed by atoms with Gasteiger partial charge in [0.25, 0.3) is 0 Å². The number of fused-ring (bicyclic) bond motifs is 2. The van der Waals surface area contributed by atoms with Crippen LogP contribution in [0.15, 0.2) is 76.6 Å². The number of imide groups is 1. The molecule has 7 nitrogen and oxygen atoms in total. The van der Waals surface area contributed by atoms with Crippen molar-refractivity contribution in [1.29, 1.82) is 0 Å². The Balaban J connectivity index is 1.44. The van der Waals surface area contributed by atoms with Crippen molar-refractivity contribution >= 4 is 75.4 Å². The van der Waals surface area contributed by atoms with E-state index < -0.39 is 51.4 Å². The SMILES string of the molecule is Cc1cccc(NC(=O)Cn2c3c(sc2=O)[C@@H](c2cccc(Cl)c2Cl)[C@@H]2C(=O)N(c4cccc(C(F)(F)F)c4)C(=O)[C@@H]2S3)c1. The number of anilines is 2. The third kappa shape index (κ3) is 5.33. The highest BCUT2D eigenvalue weighted by Gasteiger charge is 2.57. The second kappa shape index (κ2) is 11.4.